The van der Waals surface area contributed by atoms with Crippen molar-refractivity contribution in [2.45, 2.75) is 6.92 Å². The molecular weight excluding hydrogens is 193 g/mol. The number of piperazine rings is 1. The van der Waals surface area contributed by atoms with Gasteiger partial charge in [0.2, 0.25) is 0 Å². The highest BCUT2D eigenvalue weighted by Gasteiger charge is 2.16. The second kappa shape index (κ2) is 4.57. The first-order valence-corrected chi connectivity index (χ1v) is 5.38. The molecule has 1 aliphatic heterocycles. The third-order valence-corrected chi connectivity index (χ3v) is 2.86. The Kier molecular flexibility index (Phi) is 3.16. The van der Waals surface area contributed by atoms with E-state index in [0.29, 0.717) is 0 Å². The van der Waals surface area contributed by atoms with E-state index in [1.165, 1.54) is 12.3 Å². The van der Waals surface area contributed by atoms with Gasteiger partial charge in [-0.25, -0.2) is 9.37 Å². The van der Waals surface area contributed by atoms with Crippen LogP contribution < -0.4 is 4.90 Å². The largest absolute Gasteiger partial charge is 0.354 e. The standard InChI is InChI=1S/C11H16FN3/c1-2-14-5-7-15(8-6-14)11-4-3-10(12)9-13-11/h3-4,9H,2,5-8H2,1H3. The number of hydrogen-bond donors (Lipinski definition) is 0. The molecule has 0 spiro atoms. The third-order valence-electron chi connectivity index (χ3n) is 2.86. The van der Waals surface area contributed by atoms with Gasteiger partial charge in [-0.2, -0.15) is 0 Å². The van der Waals surface area contributed by atoms with E-state index in [1.54, 1.807) is 6.07 Å². The van der Waals surface area contributed by atoms with E-state index >= 15 is 0 Å². The van der Waals surface area contributed by atoms with Gasteiger partial charge in [0.25, 0.3) is 0 Å². The van der Waals surface area contributed by atoms with Crippen molar-refractivity contribution in [1.82, 2.24) is 9.88 Å². The summed E-state index contributed by atoms with van der Waals surface area (Å²) in [6, 6.07) is 3.21. The maximum absolute atomic E-state index is 12.7. The van der Waals surface area contributed by atoms with Crippen molar-refractivity contribution in [2.24, 2.45) is 0 Å². The molecule has 1 aromatic heterocycles. The van der Waals surface area contributed by atoms with Gasteiger partial charge in [-0.3, -0.25) is 0 Å². The molecule has 0 atom stereocenters. The van der Waals surface area contributed by atoms with Gasteiger partial charge in [-0.05, 0) is 18.7 Å². The fourth-order valence-corrected chi connectivity index (χ4v) is 1.85. The zero-order valence-corrected chi connectivity index (χ0v) is 8.99. The fourth-order valence-electron chi connectivity index (χ4n) is 1.85. The van der Waals surface area contributed by atoms with Gasteiger partial charge in [0.05, 0.1) is 6.20 Å². The molecule has 0 radical (unpaired) electrons. The van der Waals surface area contributed by atoms with Crippen molar-refractivity contribution in [1.29, 1.82) is 0 Å². The molecule has 82 valence electrons. The van der Waals surface area contributed by atoms with Crippen molar-refractivity contribution in [3.05, 3.63) is 24.1 Å². The molecule has 0 unspecified atom stereocenters. The molecule has 1 fully saturated rings. The van der Waals surface area contributed by atoms with Crippen molar-refractivity contribution in [2.75, 3.05) is 37.6 Å². The zero-order valence-electron chi connectivity index (χ0n) is 8.99. The predicted molar refractivity (Wildman–Crippen MR) is 58.5 cm³/mol. The van der Waals surface area contributed by atoms with E-state index in [2.05, 4.69) is 21.7 Å². The van der Waals surface area contributed by atoms with Gasteiger partial charge in [-0.1, -0.05) is 6.92 Å². The molecular formula is C11H16FN3. The number of rotatable bonds is 2. The highest BCUT2D eigenvalue weighted by atomic mass is 19.1. The van der Waals surface area contributed by atoms with Crippen LogP contribution in [0.5, 0.6) is 0 Å². The van der Waals surface area contributed by atoms with Gasteiger partial charge in [0, 0.05) is 26.2 Å². The summed E-state index contributed by atoms with van der Waals surface area (Å²) in [6.07, 6.45) is 1.28. The Hall–Kier alpha value is -1.16. The summed E-state index contributed by atoms with van der Waals surface area (Å²) >= 11 is 0. The second-order valence-electron chi connectivity index (χ2n) is 3.76. The smallest absolute Gasteiger partial charge is 0.141 e. The van der Waals surface area contributed by atoms with Gasteiger partial charge in [-0.15, -0.1) is 0 Å². The van der Waals surface area contributed by atoms with E-state index in [-0.39, 0.29) is 5.82 Å². The summed E-state index contributed by atoms with van der Waals surface area (Å²) in [5.74, 6) is 0.609. The number of likely N-dealkylation sites (N-methyl/N-ethyl adjacent to an activating group) is 1. The fraction of sp³-hybridized carbons (Fsp3) is 0.545. The van der Waals surface area contributed by atoms with Gasteiger partial charge in [0.1, 0.15) is 11.6 Å². The maximum Gasteiger partial charge on any atom is 0.141 e. The van der Waals surface area contributed by atoms with E-state index < -0.39 is 0 Å². The van der Waals surface area contributed by atoms with Gasteiger partial charge < -0.3 is 9.80 Å². The Balaban J connectivity index is 1.98. The topological polar surface area (TPSA) is 19.4 Å². The molecule has 0 aromatic carbocycles. The average Bonchev–Trinajstić information content (AvgIpc) is 2.30. The number of halogens is 1. The van der Waals surface area contributed by atoms with Crippen LogP contribution in [0.2, 0.25) is 0 Å². The molecule has 0 aliphatic carbocycles. The highest BCUT2D eigenvalue weighted by Crippen LogP contribution is 2.13. The Morgan fingerprint density at radius 3 is 2.53 bits per heavy atom. The Morgan fingerprint density at radius 2 is 2.00 bits per heavy atom. The summed E-state index contributed by atoms with van der Waals surface area (Å²) in [5.41, 5.74) is 0. The molecule has 0 N–H and O–H groups in total. The lowest BCUT2D eigenvalue weighted by molar-refractivity contribution is 0.270. The molecule has 2 rings (SSSR count). The normalized spacial score (nSPS) is 18.1. The van der Waals surface area contributed by atoms with Crippen LogP contribution in [0.25, 0.3) is 0 Å². The molecule has 1 aromatic rings. The van der Waals surface area contributed by atoms with E-state index in [1.807, 2.05) is 0 Å². The monoisotopic (exact) mass is 209 g/mol. The average molecular weight is 209 g/mol. The second-order valence-corrected chi connectivity index (χ2v) is 3.76. The lowest BCUT2D eigenvalue weighted by atomic mass is 10.3. The zero-order chi connectivity index (χ0) is 10.7. The molecule has 2 heterocycles. The number of anilines is 1. The van der Waals surface area contributed by atoms with Crippen LogP contribution in [0, 0.1) is 5.82 Å². The molecule has 3 nitrogen and oxygen atoms in total. The number of aromatic nitrogens is 1. The van der Waals surface area contributed by atoms with Crippen molar-refractivity contribution in [3.8, 4) is 0 Å². The summed E-state index contributed by atoms with van der Waals surface area (Å²) < 4.78 is 12.7. The van der Waals surface area contributed by atoms with Crippen molar-refractivity contribution in [3.63, 3.8) is 0 Å². The van der Waals surface area contributed by atoms with Gasteiger partial charge >= 0.3 is 0 Å². The first-order valence-electron chi connectivity index (χ1n) is 5.38. The van der Waals surface area contributed by atoms with Crippen LogP contribution >= 0.6 is 0 Å². The molecule has 4 heteroatoms. The minimum absolute atomic E-state index is 0.272. The summed E-state index contributed by atoms with van der Waals surface area (Å²) in [4.78, 5) is 8.69. The first kappa shape index (κ1) is 10.4. The Morgan fingerprint density at radius 1 is 1.27 bits per heavy atom. The van der Waals surface area contributed by atoms with Crippen LogP contribution in [-0.2, 0) is 0 Å². The quantitative estimate of drug-likeness (QED) is 0.733. The van der Waals surface area contributed by atoms with Gasteiger partial charge in [0.15, 0.2) is 0 Å². The molecule has 1 aliphatic rings. The summed E-state index contributed by atoms with van der Waals surface area (Å²) in [7, 11) is 0. The number of pyridine rings is 1. The van der Waals surface area contributed by atoms with E-state index in [9.17, 15) is 4.39 Å². The molecule has 0 bridgehead atoms. The lowest BCUT2D eigenvalue weighted by Gasteiger charge is -2.34. The minimum atomic E-state index is -0.272. The van der Waals surface area contributed by atoms with Crippen molar-refractivity contribution < 1.29 is 4.39 Å². The Bertz CT molecular complexity index is 304. The molecule has 0 amide bonds. The van der Waals surface area contributed by atoms with Crippen molar-refractivity contribution >= 4 is 5.82 Å². The van der Waals surface area contributed by atoms with Crippen LogP contribution in [0.15, 0.2) is 18.3 Å². The first-order chi connectivity index (χ1) is 7.29. The SMILES string of the molecule is CCN1CCN(c2ccc(F)cn2)CC1. The van der Waals surface area contributed by atoms with Crippen LogP contribution in [0.3, 0.4) is 0 Å². The molecule has 0 saturated carbocycles. The lowest BCUT2D eigenvalue weighted by Crippen LogP contribution is -2.46. The molecule has 1 saturated heterocycles. The number of hydrogen-bond acceptors (Lipinski definition) is 3. The van der Waals surface area contributed by atoms with E-state index in [4.69, 9.17) is 0 Å². The third kappa shape index (κ3) is 2.45. The Labute approximate surface area is 89.5 Å². The molecule has 15 heavy (non-hydrogen) atoms. The summed E-state index contributed by atoms with van der Waals surface area (Å²) in [6.45, 7) is 7.36. The van der Waals surface area contributed by atoms with Crippen LogP contribution in [0.1, 0.15) is 6.92 Å². The van der Waals surface area contributed by atoms with Crippen LogP contribution in [-0.4, -0.2) is 42.6 Å². The summed E-state index contributed by atoms with van der Waals surface area (Å²) in [5, 5.41) is 0. The minimum Gasteiger partial charge on any atom is -0.354 e. The highest BCUT2D eigenvalue weighted by molar-refractivity contribution is 5.38. The van der Waals surface area contributed by atoms with E-state index in [0.717, 1.165) is 38.5 Å². The predicted octanol–water partition coefficient (Wildman–Crippen LogP) is 1.36. The number of nitrogens with zero attached hydrogens (tertiary/aromatic N) is 3. The maximum atomic E-state index is 12.7. The van der Waals surface area contributed by atoms with Crippen LogP contribution in [0.4, 0.5) is 10.2 Å².